The zero-order valence-electron chi connectivity index (χ0n) is 8.69. The van der Waals surface area contributed by atoms with Gasteiger partial charge in [0.2, 0.25) is 0 Å². The Morgan fingerprint density at radius 3 is 2.47 bits per heavy atom. The molecule has 0 aromatic heterocycles. The van der Waals surface area contributed by atoms with Gasteiger partial charge in [-0.05, 0) is 18.1 Å². The molecule has 82 valence electrons. The summed E-state index contributed by atoms with van der Waals surface area (Å²) in [7, 11) is 0. The van der Waals surface area contributed by atoms with Gasteiger partial charge in [0.15, 0.2) is 0 Å². The summed E-state index contributed by atoms with van der Waals surface area (Å²) in [6.45, 7) is 2.60. The van der Waals surface area contributed by atoms with Crippen LogP contribution in [0.1, 0.15) is 18.1 Å². The molecule has 0 radical (unpaired) electrons. The van der Waals surface area contributed by atoms with E-state index in [0.29, 0.717) is 13.2 Å². The number of aliphatic hydroxyl groups excluding tert-OH is 1. The maximum absolute atomic E-state index is 11.0. The van der Waals surface area contributed by atoms with E-state index >= 15 is 0 Å². The first-order valence-electron chi connectivity index (χ1n) is 4.85. The van der Waals surface area contributed by atoms with Crippen LogP contribution in [0.25, 0.3) is 0 Å². The van der Waals surface area contributed by atoms with Crippen molar-refractivity contribution < 1.29 is 14.6 Å². The van der Waals surface area contributed by atoms with Gasteiger partial charge in [-0.3, -0.25) is 0 Å². The van der Waals surface area contributed by atoms with E-state index < -0.39 is 6.09 Å². The lowest BCUT2D eigenvalue weighted by Crippen LogP contribution is -2.23. The Labute approximate surface area is 88.9 Å². The lowest BCUT2D eigenvalue weighted by molar-refractivity contribution is 0.151. The summed E-state index contributed by atoms with van der Waals surface area (Å²) < 4.78 is 4.72. The first-order valence-corrected chi connectivity index (χ1v) is 4.85. The average molecular weight is 209 g/mol. The molecule has 0 heterocycles. The van der Waals surface area contributed by atoms with Gasteiger partial charge in [-0.1, -0.05) is 24.3 Å². The molecule has 0 aliphatic carbocycles. The highest BCUT2D eigenvalue weighted by Crippen LogP contribution is 2.03. The van der Waals surface area contributed by atoms with Gasteiger partial charge in [0.25, 0.3) is 0 Å². The molecular formula is C11H15NO3. The highest BCUT2D eigenvalue weighted by Gasteiger charge is 1.99. The second kappa shape index (κ2) is 6.03. The fraction of sp³-hybridized carbons (Fsp3) is 0.364. The summed E-state index contributed by atoms with van der Waals surface area (Å²) in [4.78, 5) is 11.0. The monoisotopic (exact) mass is 209 g/mol. The molecule has 0 bridgehead atoms. The van der Waals surface area contributed by atoms with Gasteiger partial charge >= 0.3 is 6.09 Å². The van der Waals surface area contributed by atoms with Crippen molar-refractivity contribution >= 4 is 6.09 Å². The molecule has 0 spiro atoms. The van der Waals surface area contributed by atoms with Crippen LogP contribution in [0.2, 0.25) is 0 Å². The van der Waals surface area contributed by atoms with E-state index in [4.69, 9.17) is 9.84 Å². The third-order valence-corrected chi connectivity index (χ3v) is 1.92. The number of ether oxygens (including phenoxy) is 1. The quantitative estimate of drug-likeness (QED) is 0.788. The Bertz CT molecular complexity index is 308. The summed E-state index contributed by atoms with van der Waals surface area (Å²) in [5.41, 5.74) is 1.83. The molecule has 1 rings (SSSR count). The zero-order chi connectivity index (χ0) is 11.1. The number of nitrogens with one attached hydrogen (secondary N) is 1. The SMILES string of the molecule is CCOC(=O)NCc1ccc(CO)cc1. The van der Waals surface area contributed by atoms with Crippen molar-refractivity contribution in [2.75, 3.05) is 6.61 Å². The van der Waals surface area contributed by atoms with Crippen LogP contribution in [-0.4, -0.2) is 17.8 Å². The second-order valence-corrected chi connectivity index (χ2v) is 3.05. The van der Waals surface area contributed by atoms with Crippen molar-refractivity contribution in [3.63, 3.8) is 0 Å². The van der Waals surface area contributed by atoms with Gasteiger partial charge in [0.1, 0.15) is 0 Å². The number of alkyl carbamates (subject to hydrolysis) is 1. The molecule has 1 amide bonds. The molecule has 0 saturated heterocycles. The van der Waals surface area contributed by atoms with Gasteiger partial charge in [-0.25, -0.2) is 4.79 Å². The Hall–Kier alpha value is -1.55. The molecule has 4 heteroatoms. The Kier molecular flexibility index (Phi) is 4.63. The number of carbonyl (C=O) groups excluding carboxylic acids is 1. The van der Waals surface area contributed by atoms with Crippen molar-refractivity contribution in [1.82, 2.24) is 5.32 Å². The molecule has 4 nitrogen and oxygen atoms in total. The number of hydrogen-bond acceptors (Lipinski definition) is 3. The Morgan fingerprint density at radius 1 is 1.33 bits per heavy atom. The van der Waals surface area contributed by atoms with Gasteiger partial charge in [0.05, 0.1) is 13.2 Å². The first kappa shape index (κ1) is 11.5. The summed E-state index contributed by atoms with van der Waals surface area (Å²) in [5, 5.41) is 11.4. The Balaban J connectivity index is 2.40. The minimum Gasteiger partial charge on any atom is -0.450 e. The molecule has 1 aromatic rings. The van der Waals surface area contributed by atoms with E-state index in [1.165, 1.54) is 0 Å². The standard InChI is InChI=1S/C11H15NO3/c1-2-15-11(14)12-7-9-3-5-10(8-13)6-4-9/h3-6,13H,2,7-8H2,1H3,(H,12,14). The maximum atomic E-state index is 11.0. The van der Waals surface area contributed by atoms with E-state index in [9.17, 15) is 4.79 Å². The number of carbonyl (C=O) groups is 1. The predicted octanol–water partition coefficient (Wildman–Crippen LogP) is 1.43. The van der Waals surface area contributed by atoms with Crippen molar-refractivity contribution in [1.29, 1.82) is 0 Å². The third-order valence-electron chi connectivity index (χ3n) is 1.92. The van der Waals surface area contributed by atoms with E-state index in [1.54, 1.807) is 6.92 Å². The van der Waals surface area contributed by atoms with Crippen molar-refractivity contribution in [2.24, 2.45) is 0 Å². The van der Waals surface area contributed by atoms with Crippen molar-refractivity contribution in [2.45, 2.75) is 20.1 Å². The lowest BCUT2D eigenvalue weighted by Gasteiger charge is -2.05. The molecular weight excluding hydrogens is 194 g/mol. The van der Waals surface area contributed by atoms with E-state index in [1.807, 2.05) is 24.3 Å². The smallest absolute Gasteiger partial charge is 0.407 e. The molecule has 15 heavy (non-hydrogen) atoms. The van der Waals surface area contributed by atoms with E-state index in [-0.39, 0.29) is 6.61 Å². The lowest BCUT2D eigenvalue weighted by atomic mass is 10.1. The van der Waals surface area contributed by atoms with Crippen LogP contribution in [0, 0.1) is 0 Å². The largest absolute Gasteiger partial charge is 0.450 e. The number of rotatable bonds is 4. The first-order chi connectivity index (χ1) is 7.26. The minimum atomic E-state index is -0.413. The topological polar surface area (TPSA) is 58.6 Å². The predicted molar refractivity (Wildman–Crippen MR) is 56.2 cm³/mol. The average Bonchev–Trinajstić information content (AvgIpc) is 2.27. The fourth-order valence-electron chi connectivity index (χ4n) is 1.12. The van der Waals surface area contributed by atoms with Crippen LogP contribution < -0.4 is 5.32 Å². The molecule has 0 aliphatic rings. The van der Waals surface area contributed by atoms with E-state index in [0.717, 1.165) is 11.1 Å². The van der Waals surface area contributed by atoms with Gasteiger partial charge in [-0.15, -0.1) is 0 Å². The van der Waals surface area contributed by atoms with Crippen LogP contribution in [0.15, 0.2) is 24.3 Å². The Morgan fingerprint density at radius 2 is 1.93 bits per heavy atom. The summed E-state index contributed by atoms with van der Waals surface area (Å²) >= 11 is 0. The van der Waals surface area contributed by atoms with Crippen LogP contribution in [0.4, 0.5) is 4.79 Å². The molecule has 0 unspecified atom stereocenters. The number of hydrogen-bond donors (Lipinski definition) is 2. The zero-order valence-corrected chi connectivity index (χ0v) is 8.69. The third kappa shape index (κ3) is 3.99. The van der Waals surface area contributed by atoms with Crippen molar-refractivity contribution in [3.05, 3.63) is 35.4 Å². The highest BCUT2D eigenvalue weighted by atomic mass is 16.5. The normalized spacial score (nSPS) is 9.73. The minimum absolute atomic E-state index is 0.0333. The second-order valence-electron chi connectivity index (χ2n) is 3.05. The molecule has 0 atom stereocenters. The van der Waals surface area contributed by atoms with Crippen LogP contribution in [-0.2, 0) is 17.9 Å². The molecule has 2 N–H and O–H groups in total. The van der Waals surface area contributed by atoms with Crippen molar-refractivity contribution in [3.8, 4) is 0 Å². The number of amides is 1. The summed E-state index contributed by atoms with van der Waals surface area (Å²) in [5.74, 6) is 0. The molecule has 1 aromatic carbocycles. The number of benzene rings is 1. The van der Waals surface area contributed by atoms with Crippen LogP contribution in [0.5, 0.6) is 0 Å². The van der Waals surface area contributed by atoms with Gasteiger partial charge < -0.3 is 15.2 Å². The molecule has 0 fully saturated rings. The molecule has 0 aliphatic heterocycles. The van der Waals surface area contributed by atoms with Gasteiger partial charge in [0, 0.05) is 6.54 Å². The number of aliphatic hydroxyl groups is 1. The van der Waals surface area contributed by atoms with Gasteiger partial charge in [-0.2, -0.15) is 0 Å². The van der Waals surface area contributed by atoms with Crippen LogP contribution in [0.3, 0.4) is 0 Å². The van der Waals surface area contributed by atoms with Crippen LogP contribution >= 0.6 is 0 Å². The summed E-state index contributed by atoms with van der Waals surface area (Å²) in [6, 6.07) is 7.36. The van der Waals surface area contributed by atoms with E-state index in [2.05, 4.69) is 5.32 Å². The maximum Gasteiger partial charge on any atom is 0.407 e. The summed E-state index contributed by atoms with van der Waals surface area (Å²) in [6.07, 6.45) is -0.413. The highest BCUT2D eigenvalue weighted by molar-refractivity contribution is 5.67. The molecule has 0 saturated carbocycles. The fourth-order valence-corrected chi connectivity index (χ4v) is 1.12.